The van der Waals surface area contributed by atoms with Gasteiger partial charge in [0, 0.05) is 18.2 Å². The van der Waals surface area contributed by atoms with Gasteiger partial charge in [-0.2, -0.15) is 0 Å². The smallest absolute Gasteiger partial charge is 0.337 e. The van der Waals surface area contributed by atoms with E-state index in [1.165, 1.54) is 26.2 Å². The molecule has 2 rings (SSSR count). The van der Waals surface area contributed by atoms with Gasteiger partial charge in [0.05, 0.1) is 27.5 Å². The van der Waals surface area contributed by atoms with E-state index in [0.29, 0.717) is 11.1 Å². The maximum absolute atomic E-state index is 12.4. The minimum absolute atomic E-state index is 0.0120. The monoisotopic (exact) mass is 398 g/mol. The third kappa shape index (κ3) is 4.37. The molecule has 26 heavy (non-hydrogen) atoms. The number of nitro groups is 1. The Labute approximate surface area is 154 Å². The van der Waals surface area contributed by atoms with Gasteiger partial charge in [-0.1, -0.05) is 23.7 Å². The first-order chi connectivity index (χ1) is 12.2. The molecule has 0 radical (unpaired) electrons. The van der Waals surface area contributed by atoms with Gasteiger partial charge in [-0.15, -0.1) is 0 Å². The normalized spacial score (nSPS) is 11.2. The van der Waals surface area contributed by atoms with E-state index < -0.39 is 20.9 Å². The van der Waals surface area contributed by atoms with Crippen LogP contribution in [0.1, 0.15) is 21.5 Å². The molecule has 2 aromatic carbocycles. The van der Waals surface area contributed by atoms with Gasteiger partial charge in [0.1, 0.15) is 0 Å². The molecule has 0 heterocycles. The molecule has 0 bridgehead atoms. The van der Waals surface area contributed by atoms with Crippen molar-refractivity contribution in [3.63, 3.8) is 0 Å². The molecule has 0 aliphatic carbocycles. The lowest BCUT2D eigenvalue weighted by molar-refractivity contribution is -0.385. The molecule has 0 saturated heterocycles. The number of carbonyl (C=O) groups excluding carboxylic acids is 1. The Kier molecular flexibility index (Phi) is 5.96. The summed E-state index contributed by atoms with van der Waals surface area (Å²) in [4.78, 5) is 21.4. The maximum atomic E-state index is 12.4. The Morgan fingerprint density at radius 3 is 2.42 bits per heavy atom. The molecule has 1 N–H and O–H groups in total. The first-order valence-corrected chi connectivity index (χ1v) is 9.13. The van der Waals surface area contributed by atoms with Crippen LogP contribution in [-0.4, -0.2) is 26.4 Å². The Bertz CT molecular complexity index is 957. The number of ether oxygens (including phenoxy) is 1. The van der Waals surface area contributed by atoms with Crippen LogP contribution in [0.4, 0.5) is 5.69 Å². The van der Waals surface area contributed by atoms with Crippen molar-refractivity contribution in [2.75, 3.05) is 7.11 Å². The summed E-state index contributed by atoms with van der Waals surface area (Å²) in [7, 11) is -2.76. The predicted molar refractivity (Wildman–Crippen MR) is 94.7 cm³/mol. The fraction of sp³-hybridized carbons (Fsp3) is 0.188. The zero-order chi connectivity index (χ0) is 19.5. The fourth-order valence-electron chi connectivity index (χ4n) is 2.12. The number of halogens is 1. The minimum Gasteiger partial charge on any atom is -0.465 e. The Morgan fingerprint density at radius 2 is 1.88 bits per heavy atom. The minimum atomic E-state index is -4.02. The highest BCUT2D eigenvalue weighted by atomic mass is 35.5. The highest BCUT2D eigenvalue weighted by Gasteiger charge is 2.22. The molecular formula is C16H15ClN2O6S. The highest BCUT2D eigenvalue weighted by molar-refractivity contribution is 7.89. The summed E-state index contributed by atoms with van der Waals surface area (Å²) < 4.78 is 31.7. The number of rotatable bonds is 6. The van der Waals surface area contributed by atoms with Crippen molar-refractivity contribution in [1.29, 1.82) is 0 Å². The molecule has 0 amide bonds. The van der Waals surface area contributed by atoms with Gasteiger partial charge in [-0.05, 0) is 30.7 Å². The number of benzene rings is 2. The van der Waals surface area contributed by atoms with Crippen LogP contribution in [0.25, 0.3) is 0 Å². The van der Waals surface area contributed by atoms with Crippen molar-refractivity contribution in [2.45, 2.75) is 18.4 Å². The van der Waals surface area contributed by atoms with E-state index in [1.807, 2.05) is 0 Å². The van der Waals surface area contributed by atoms with E-state index >= 15 is 0 Å². The number of carbonyl (C=O) groups is 1. The number of nitrogens with zero attached hydrogens (tertiary/aromatic N) is 1. The molecule has 0 aliphatic heterocycles. The number of sulfonamides is 1. The molecule has 138 valence electrons. The summed E-state index contributed by atoms with van der Waals surface area (Å²) in [5, 5.41) is 11.0. The summed E-state index contributed by atoms with van der Waals surface area (Å²) in [6.07, 6.45) is 0. The first kappa shape index (κ1) is 19.8. The molecule has 0 saturated carbocycles. The lowest BCUT2D eigenvalue weighted by Gasteiger charge is -2.09. The van der Waals surface area contributed by atoms with Crippen LogP contribution in [0.3, 0.4) is 0 Å². The number of methoxy groups -OCH3 is 1. The first-order valence-electron chi connectivity index (χ1n) is 7.27. The lowest BCUT2D eigenvalue weighted by atomic mass is 10.1. The topological polar surface area (TPSA) is 116 Å². The largest absolute Gasteiger partial charge is 0.465 e. The van der Waals surface area contributed by atoms with Crippen molar-refractivity contribution >= 4 is 33.3 Å². The zero-order valence-corrected chi connectivity index (χ0v) is 15.4. The van der Waals surface area contributed by atoms with Gasteiger partial charge in [0.25, 0.3) is 5.69 Å². The van der Waals surface area contributed by atoms with Crippen molar-refractivity contribution in [1.82, 2.24) is 4.72 Å². The number of nitro benzene ring substituents is 1. The Hall–Kier alpha value is -2.49. The second kappa shape index (κ2) is 7.81. The van der Waals surface area contributed by atoms with E-state index in [-0.39, 0.29) is 27.7 Å². The molecule has 8 nitrogen and oxygen atoms in total. The molecule has 0 atom stereocenters. The van der Waals surface area contributed by atoms with Crippen LogP contribution >= 0.6 is 11.6 Å². The molecule has 10 heteroatoms. The predicted octanol–water partition coefficient (Wildman–Crippen LogP) is 2.82. The van der Waals surface area contributed by atoms with Crippen LogP contribution in [0.5, 0.6) is 0 Å². The van der Waals surface area contributed by atoms with Crippen molar-refractivity contribution in [2.24, 2.45) is 0 Å². The standard InChI is InChI=1S/C16H15ClN2O6S/c1-10-14(17)7-13(8-15(10)19(21)22)26(23,24)18-9-11-3-5-12(6-4-11)16(20)25-2/h3-8,18H,9H2,1-2H3. The van der Waals surface area contributed by atoms with Gasteiger partial charge in [0.15, 0.2) is 0 Å². The quantitative estimate of drug-likeness (QED) is 0.454. The fourth-order valence-corrected chi connectivity index (χ4v) is 3.47. The molecule has 2 aromatic rings. The Morgan fingerprint density at radius 1 is 1.27 bits per heavy atom. The van der Waals surface area contributed by atoms with Crippen molar-refractivity contribution < 1.29 is 22.9 Å². The third-order valence-corrected chi connectivity index (χ3v) is 5.41. The van der Waals surface area contributed by atoms with Gasteiger partial charge < -0.3 is 4.74 Å². The van der Waals surface area contributed by atoms with Crippen molar-refractivity contribution in [3.8, 4) is 0 Å². The van der Waals surface area contributed by atoms with E-state index in [0.717, 1.165) is 12.1 Å². The van der Waals surface area contributed by atoms with Crippen LogP contribution in [0.2, 0.25) is 5.02 Å². The highest BCUT2D eigenvalue weighted by Crippen LogP contribution is 2.29. The summed E-state index contributed by atoms with van der Waals surface area (Å²) in [5.41, 5.74) is 0.739. The number of hydrogen-bond acceptors (Lipinski definition) is 6. The average molecular weight is 399 g/mol. The number of hydrogen-bond donors (Lipinski definition) is 1. The summed E-state index contributed by atoms with van der Waals surface area (Å²) in [5.74, 6) is -0.501. The summed E-state index contributed by atoms with van der Waals surface area (Å²) >= 11 is 5.91. The van der Waals surface area contributed by atoms with E-state index in [2.05, 4.69) is 9.46 Å². The molecular weight excluding hydrogens is 384 g/mol. The Balaban J connectivity index is 2.21. The molecule has 0 aromatic heterocycles. The zero-order valence-electron chi connectivity index (χ0n) is 13.9. The van der Waals surface area contributed by atoms with Crippen molar-refractivity contribution in [3.05, 3.63) is 68.2 Å². The van der Waals surface area contributed by atoms with E-state index in [9.17, 15) is 23.3 Å². The van der Waals surface area contributed by atoms with Crippen LogP contribution in [0, 0.1) is 17.0 Å². The SMILES string of the molecule is COC(=O)c1ccc(CNS(=O)(=O)c2cc(Cl)c(C)c([N+](=O)[O-])c2)cc1. The maximum Gasteiger partial charge on any atom is 0.337 e. The molecule has 0 aliphatic rings. The lowest BCUT2D eigenvalue weighted by Crippen LogP contribution is -2.23. The molecule has 0 unspecified atom stereocenters. The number of esters is 1. The summed E-state index contributed by atoms with van der Waals surface area (Å²) in [6.45, 7) is 1.37. The second-order valence-electron chi connectivity index (χ2n) is 5.32. The van der Waals surface area contributed by atoms with Gasteiger partial charge in [-0.25, -0.2) is 17.9 Å². The van der Waals surface area contributed by atoms with Gasteiger partial charge in [-0.3, -0.25) is 10.1 Å². The van der Waals surface area contributed by atoms with Crippen LogP contribution in [0.15, 0.2) is 41.3 Å². The molecule has 0 fully saturated rings. The van der Waals surface area contributed by atoms with E-state index in [1.54, 1.807) is 12.1 Å². The van der Waals surface area contributed by atoms with Gasteiger partial charge in [0.2, 0.25) is 10.0 Å². The molecule has 0 spiro atoms. The average Bonchev–Trinajstić information content (AvgIpc) is 2.61. The van der Waals surface area contributed by atoms with E-state index in [4.69, 9.17) is 11.6 Å². The van der Waals surface area contributed by atoms with Gasteiger partial charge >= 0.3 is 5.97 Å². The second-order valence-corrected chi connectivity index (χ2v) is 7.49. The van der Waals surface area contributed by atoms with Crippen LogP contribution in [-0.2, 0) is 21.3 Å². The number of nitrogens with one attached hydrogen (secondary N) is 1. The van der Waals surface area contributed by atoms with Crippen LogP contribution < -0.4 is 4.72 Å². The summed E-state index contributed by atoms with van der Waals surface area (Å²) in [6, 6.07) is 8.27. The third-order valence-electron chi connectivity index (χ3n) is 3.64.